The highest BCUT2D eigenvalue weighted by molar-refractivity contribution is 6.21. The molecule has 4 rings (SSSR count). The molecule has 3 aromatic rings. The van der Waals surface area contributed by atoms with Gasteiger partial charge in [0.25, 0.3) is 11.8 Å². The van der Waals surface area contributed by atoms with Gasteiger partial charge in [0.2, 0.25) is 0 Å². The SMILES string of the molecule is CCC(CN1C(=O)c2ccccc2C1=O)n1cnc(-c2ccccc2)c1. The second-order valence-electron chi connectivity index (χ2n) is 6.40. The Hall–Kier alpha value is -3.21. The molecule has 5 heteroatoms. The standard InChI is InChI=1S/C21H19N3O2/c1-2-16(23-13-19(22-14-23)15-8-4-3-5-9-15)12-24-20(25)17-10-6-7-11-18(17)21(24)26/h3-11,13-14,16H,2,12H2,1H3. The number of carbonyl (C=O) groups is 2. The largest absolute Gasteiger partial charge is 0.332 e. The van der Waals surface area contributed by atoms with Crippen LogP contribution >= 0.6 is 0 Å². The average molecular weight is 345 g/mol. The smallest absolute Gasteiger partial charge is 0.261 e. The summed E-state index contributed by atoms with van der Waals surface area (Å²) in [5.74, 6) is -0.431. The molecule has 0 fully saturated rings. The first-order chi connectivity index (χ1) is 12.7. The highest BCUT2D eigenvalue weighted by Crippen LogP contribution is 2.26. The Bertz CT molecular complexity index is 927. The number of imide groups is 1. The molecule has 1 aliphatic rings. The van der Waals surface area contributed by atoms with E-state index in [1.807, 2.05) is 48.0 Å². The van der Waals surface area contributed by atoms with Crippen LogP contribution in [0.2, 0.25) is 0 Å². The summed E-state index contributed by atoms with van der Waals surface area (Å²) in [5.41, 5.74) is 2.90. The van der Waals surface area contributed by atoms with Gasteiger partial charge in [-0.2, -0.15) is 0 Å². The third-order valence-corrected chi connectivity index (χ3v) is 4.84. The Labute approximate surface area is 151 Å². The summed E-state index contributed by atoms with van der Waals surface area (Å²) in [6, 6.07) is 16.9. The van der Waals surface area contributed by atoms with Crippen molar-refractivity contribution >= 4 is 11.8 Å². The summed E-state index contributed by atoms with van der Waals surface area (Å²) in [7, 11) is 0. The predicted octanol–water partition coefficient (Wildman–Crippen LogP) is 3.80. The van der Waals surface area contributed by atoms with Gasteiger partial charge >= 0.3 is 0 Å². The Morgan fingerprint density at radius 2 is 1.54 bits per heavy atom. The van der Waals surface area contributed by atoms with Crippen LogP contribution in [0.25, 0.3) is 11.3 Å². The highest BCUT2D eigenvalue weighted by atomic mass is 16.2. The lowest BCUT2D eigenvalue weighted by Crippen LogP contribution is -2.35. The molecule has 0 saturated heterocycles. The molecule has 0 bridgehead atoms. The van der Waals surface area contributed by atoms with E-state index in [0.717, 1.165) is 17.7 Å². The summed E-state index contributed by atoms with van der Waals surface area (Å²) >= 11 is 0. The first kappa shape index (κ1) is 16.3. The topological polar surface area (TPSA) is 55.2 Å². The van der Waals surface area contributed by atoms with Gasteiger partial charge in [-0.15, -0.1) is 0 Å². The van der Waals surface area contributed by atoms with Crippen LogP contribution in [0.15, 0.2) is 67.1 Å². The van der Waals surface area contributed by atoms with E-state index < -0.39 is 0 Å². The summed E-state index contributed by atoms with van der Waals surface area (Å²) in [5, 5.41) is 0. The zero-order valence-corrected chi connectivity index (χ0v) is 14.5. The van der Waals surface area contributed by atoms with Crippen molar-refractivity contribution in [3.63, 3.8) is 0 Å². The van der Waals surface area contributed by atoms with Gasteiger partial charge in [0, 0.05) is 11.8 Å². The zero-order valence-electron chi connectivity index (χ0n) is 14.5. The molecule has 2 heterocycles. The van der Waals surface area contributed by atoms with E-state index in [9.17, 15) is 9.59 Å². The number of rotatable bonds is 5. The van der Waals surface area contributed by atoms with Gasteiger partial charge in [0.1, 0.15) is 0 Å². The van der Waals surface area contributed by atoms with Crippen molar-refractivity contribution in [2.45, 2.75) is 19.4 Å². The molecular formula is C21H19N3O2. The molecule has 26 heavy (non-hydrogen) atoms. The Kier molecular flexibility index (Phi) is 4.13. The van der Waals surface area contributed by atoms with Crippen molar-refractivity contribution in [1.82, 2.24) is 14.5 Å². The minimum Gasteiger partial charge on any atom is -0.332 e. The Morgan fingerprint density at radius 3 is 2.15 bits per heavy atom. The van der Waals surface area contributed by atoms with Crippen molar-refractivity contribution in [3.05, 3.63) is 78.2 Å². The van der Waals surface area contributed by atoms with Crippen LogP contribution in [0, 0.1) is 0 Å². The molecule has 1 atom stereocenters. The molecule has 130 valence electrons. The molecule has 0 spiro atoms. The molecule has 5 nitrogen and oxygen atoms in total. The van der Waals surface area contributed by atoms with Gasteiger partial charge in [0.05, 0.1) is 35.7 Å². The van der Waals surface area contributed by atoms with E-state index in [1.165, 1.54) is 4.90 Å². The van der Waals surface area contributed by atoms with E-state index >= 15 is 0 Å². The third-order valence-electron chi connectivity index (χ3n) is 4.84. The number of nitrogens with zero attached hydrogens (tertiary/aromatic N) is 3. The molecule has 0 saturated carbocycles. The van der Waals surface area contributed by atoms with Crippen molar-refractivity contribution in [2.75, 3.05) is 6.54 Å². The lowest BCUT2D eigenvalue weighted by Gasteiger charge is -2.22. The van der Waals surface area contributed by atoms with E-state index in [0.29, 0.717) is 17.7 Å². The lowest BCUT2D eigenvalue weighted by molar-refractivity contribution is 0.0630. The van der Waals surface area contributed by atoms with Gasteiger partial charge < -0.3 is 4.57 Å². The number of hydrogen-bond donors (Lipinski definition) is 0. The second-order valence-corrected chi connectivity index (χ2v) is 6.40. The Balaban J connectivity index is 1.57. The number of aromatic nitrogens is 2. The van der Waals surface area contributed by atoms with E-state index in [4.69, 9.17) is 0 Å². The summed E-state index contributed by atoms with van der Waals surface area (Å²) < 4.78 is 1.99. The molecule has 1 unspecified atom stereocenters. The fourth-order valence-electron chi connectivity index (χ4n) is 3.34. The molecule has 0 N–H and O–H groups in total. The molecule has 1 aliphatic heterocycles. The zero-order chi connectivity index (χ0) is 18.1. The molecule has 0 radical (unpaired) electrons. The second kappa shape index (κ2) is 6.59. The quantitative estimate of drug-likeness (QED) is 0.661. The predicted molar refractivity (Wildman–Crippen MR) is 98.8 cm³/mol. The number of imidazole rings is 1. The van der Waals surface area contributed by atoms with Crippen LogP contribution in [0.1, 0.15) is 40.1 Å². The minimum atomic E-state index is -0.215. The number of benzene rings is 2. The molecule has 0 aliphatic carbocycles. The van der Waals surface area contributed by atoms with Crippen LogP contribution in [0.4, 0.5) is 0 Å². The number of fused-ring (bicyclic) bond motifs is 1. The van der Waals surface area contributed by atoms with Gasteiger partial charge in [-0.3, -0.25) is 14.5 Å². The van der Waals surface area contributed by atoms with Crippen molar-refractivity contribution in [3.8, 4) is 11.3 Å². The van der Waals surface area contributed by atoms with E-state index in [1.54, 1.807) is 30.6 Å². The fourth-order valence-corrected chi connectivity index (χ4v) is 3.34. The summed E-state index contributed by atoms with van der Waals surface area (Å²) in [6.45, 7) is 2.39. The van der Waals surface area contributed by atoms with Gasteiger partial charge in [0.15, 0.2) is 0 Å². The monoisotopic (exact) mass is 345 g/mol. The average Bonchev–Trinajstić information content (AvgIpc) is 3.26. The molecular weight excluding hydrogens is 326 g/mol. The first-order valence-corrected chi connectivity index (χ1v) is 8.73. The molecule has 1 aromatic heterocycles. The molecule has 2 aromatic carbocycles. The van der Waals surface area contributed by atoms with Gasteiger partial charge in [-0.25, -0.2) is 4.98 Å². The Morgan fingerprint density at radius 1 is 0.923 bits per heavy atom. The van der Waals surface area contributed by atoms with Crippen LogP contribution in [0.3, 0.4) is 0 Å². The minimum absolute atomic E-state index is 0.0119. The van der Waals surface area contributed by atoms with Crippen molar-refractivity contribution < 1.29 is 9.59 Å². The fraction of sp³-hybridized carbons (Fsp3) is 0.190. The maximum Gasteiger partial charge on any atom is 0.261 e. The van der Waals surface area contributed by atoms with Crippen LogP contribution in [-0.4, -0.2) is 32.8 Å². The normalized spacial score (nSPS) is 14.6. The highest BCUT2D eigenvalue weighted by Gasteiger charge is 2.36. The maximum absolute atomic E-state index is 12.6. The van der Waals surface area contributed by atoms with E-state index in [2.05, 4.69) is 4.98 Å². The number of amides is 2. The summed E-state index contributed by atoms with van der Waals surface area (Å²) in [6.07, 6.45) is 4.54. The first-order valence-electron chi connectivity index (χ1n) is 8.73. The lowest BCUT2D eigenvalue weighted by atomic mass is 10.1. The van der Waals surface area contributed by atoms with E-state index in [-0.39, 0.29) is 17.9 Å². The van der Waals surface area contributed by atoms with Crippen LogP contribution in [-0.2, 0) is 0 Å². The van der Waals surface area contributed by atoms with Crippen molar-refractivity contribution in [1.29, 1.82) is 0 Å². The number of hydrogen-bond acceptors (Lipinski definition) is 3. The maximum atomic E-state index is 12.6. The summed E-state index contributed by atoms with van der Waals surface area (Å²) in [4.78, 5) is 31.0. The van der Waals surface area contributed by atoms with Crippen LogP contribution < -0.4 is 0 Å². The van der Waals surface area contributed by atoms with Crippen LogP contribution in [0.5, 0.6) is 0 Å². The molecule has 2 amide bonds. The van der Waals surface area contributed by atoms with Crippen molar-refractivity contribution in [2.24, 2.45) is 0 Å². The third kappa shape index (κ3) is 2.71. The van der Waals surface area contributed by atoms with Gasteiger partial charge in [-0.05, 0) is 18.6 Å². The number of carbonyl (C=O) groups excluding carboxylic acids is 2. The van der Waals surface area contributed by atoms with Gasteiger partial charge in [-0.1, -0.05) is 49.4 Å².